The first-order valence-electron chi connectivity index (χ1n) is 6.09. The lowest BCUT2D eigenvalue weighted by Crippen LogP contribution is -2.40. The van der Waals surface area contributed by atoms with Crippen LogP contribution in [-0.4, -0.2) is 39.0 Å². The maximum atomic E-state index is 12.5. The van der Waals surface area contributed by atoms with Gasteiger partial charge in [-0.15, -0.1) is 0 Å². The molecule has 0 unspecified atom stereocenters. The quantitative estimate of drug-likeness (QED) is 0.820. The highest BCUT2D eigenvalue weighted by Crippen LogP contribution is 2.24. The molecule has 1 heterocycles. The van der Waals surface area contributed by atoms with Crippen molar-refractivity contribution in [2.24, 2.45) is 0 Å². The normalized spacial score (nSPS) is 17.9. The van der Waals surface area contributed by atoms with E-state index in [2.05, 4.69) is 0 Å². The van der Waals surface area contributed by atoms with Gasteiger partial charge < -0.3 is 4.74 Å². The second-order valence-electron chi connectivity index (χ2n) is 4.65. The maximum absolute atomic E-state index is 12.5. The zero-order valence-corrected chi connectivity index (χ0v) is 11.9. The van der Waals surface area contributed by atoms with Crippen molar-refractivity contribution in [3.8, 4) is 0 Å². The summed E-state index contributed by atoms with van der Waals surface area (Å²) in [5.74, 6) is 0. The highest BCUT2D eigenvalue weighted by molar-refractivity contribution is 7.89. The molecule has 1 aliphatic heterocycles. The SMILES string of the molecule is Cc1ccc(S(=O)(=O)N2CCOCC2)c(C)c1C. The number of benzene rings is 1. The molecule has 2 rings (SSSR count). The van der Waals surface area contributed by atoms with Gasteiger partial charge in [0, 0.05) is 13.1 Å². The van der Waals surface area contributed by atoms with E-state index in [0.29, 0.717) is 31.2 Å². The lowest BCUT2D eigenvalue weighted by atomic mass is 10.1. The highest BCUT2D eigenvalue weighted by atomic mass is 32.2. The molecule has 1 aromatic carbocycles. The second kappa shape index (κ2) is 4.99. The predicted octanol–water partition coefficient (Wildman–Crippen LogP) is 1.63. The van der Waals surface area contributed by atoms with E-state index >= 15 is 0 Å². The van der Waals surface area contributed by atoms with Crippen molar-refractivity contribution in [3.63, 3.8) is 0 Å². The molecule has 0 aromatic heterocycles. The number of ether oxygens (including phenoxy) is 1. The van der Waals surface area contributed by atoms with Gasteiger partial charge in [-0.3, -0.25) is 0 Å². The first-order chi connectivity index (χ1) is 8.44. The summed E-state index contributed by atoms with van der Waals surface area (Å²) in [5.41, 5.74) is 3.01. The number of morpholine rings is 1. The summed E-state index contributed by atoms with van der Waals surface area (Å²) in [6.07, 6.45) is 0. The van der Waals surface area contributed by atoms with Gasteiger partial charge in [-0.25, -0.2) is 8.42 Å². The van der Waals surface area contributed by atoms with Crippen LogP contribution in [0.4, 0.5) is 0 Å². The Morgan fingerprint density at radius 3 is 2.28 bits per heavy atom. The van der Waals surface area contributed by atoms with Crippen LogP contribution < -0.4 is 0 Å². The molecule has 0 saturated carbocycles. The first kappa shape index (κ1) is 13.5. The third-order valence-electron chi connectivity index (χ3n) is 3.60. The van der Waals surface area contributed by atoms with Crippen molar-refractivity contribution in [3.05, 3.63) is 28.8 Å². The maximum Gasteiger partial charge on any atom is 0.243 e. The molecule has 0 N–H and O–H groups in total. The van der Waals surface area contributed by atoms with Crippen molar-refractivity contribution in [2.45, 2.75) is 25.7 Å². The van der Waals surface area contributed by atoms with Gasteiger partial charge in [0.15, 0.2) is 0 Å². The second-order valence-corrected chi connectivity index (χ2v) is 6.55. The van der Waals surface area contributed by atoms with Crippen LogP contribution in [0.2, 0.25) is 0 Å². The molecular formula is C13H19NO3S. The van der Waals surface area contributed by atoms with Gasteiger partial charge in [0.2, 0.25) is 10.0 Å². The molecular weight excluding hydrogens is 250 g/mol. The van der Waals surface area contributed by atoms with Gasteiger partial charge in [-0.2, -0.15) is 4.31 Å². The average molecular weight is 269 g/mol. The number of aryl methyl sites for hydroxylation is 1. The molecule has 0 atom stereocenters. The molecule has 1 aliphatic rings. The fourth-order valence-electron chi connectivity index (χ4n) is 2.14. The highest BCUT2D eigenvalue weighted by Gasteiger charge is 2.28. The minimum Gasteiger partial charge on any atom is -0.379 e. The summed E-state index contributed by atoms with van der Waals surface area (Å²) >= 11 is 0. The van der Waals surface area contributed by atoms with E-state index < -0.39 is 10.0 Å². The molecule has 5 heteroatoms. The first-order valence-corrected chi connectivity index (χ1v) is 7.53. The van der Waals surface area contributed by atoms with Gasteiger partial charge in [0.05, 0.1) is 18.1 Å². The smallest absolute Gasteiger partial charge is 0.243 e. The van der Waals surface area contributed by atoms with E-state index in [-0.39, 0.29) is 0 Å². The van der Waals surface area contributed by atoms with Gasteiger partial charge >= 0.3 is 0 Å². The Balaban J connectivity index is 2.44. The summed E-state index contributed by atoms with van der Waals surface area (Å²) in [6.45, 7) is 7.65. The number of hydrogen-bond acceptors (Lipinski definition) is 3. The molecule has 1 aromatic rings. The van der Waals surface area contributed by atoms with Crippen LogP contribution in [0.3, 0.4) is 0 Å². The van der Waals surface area contributed by atoms with Crippen molar-refractivity contribution in [2.75, 3.05) is 26.3 Å². The summed E-state index contributed by atoms with van der Waals surface area (Å²) in [4.78, 5) is 0.424. The standard InChI is InChI=1S/C13H19NO3S/c1-10-4-5-13(12(3)11(10)2)18(15,16)14-6-8-17-9-7-14/h4-5H,6-9H2,1-3H3. The number of nitrogens with zero attached hydrogens (tertiary/aromatic N) is 1. The van der Waals surface area contributed by atoms with Crippen molar-refractivity contribution >= 4 is 10.0 Å². The summed E-state index contributed by atoms with van der Waals surface area (Å²) in [5, 5.41) is 0. The molecule has 1 saturated heterocycles. The van der Waals surface area contributed by atoms with Crippen LogP contribution in [0.25, 0.3) is 0 Å². The molecule has 0 radical (unpaired) electrons. The van der Waals surface area contributed by atoms with Crippen LogP contribution in [0.15, 0.2) is 17.0 Å². The lowest BCUT2D eigenvalue weighted by molar-refractivity contribution is 0.0730. The molecule has 100 valence electrons. The third-order valence-corrected chi connectivity index (χ3v) is 5.64. The van der Waals surface area contributed by atoms with Crippen LogP contribution in [0, 0.1) is 20.8 Å². The van der Waals surface area contributed by atoms with Gasteiger partial charge in [0.1, 0.15) is 0 Å². The molecule has 0 aliphatic carbocycles. The Morgan fingerprint density at radius 2 is 1.67 bits per heavy atom. The molecule has 0 bridgehead atoms. The Morgan fingerprint density at radius 1 is 1.06 bits per heavy atom. The molecule has 0 amide bonds. The number of hydrogen-bond donors (Lipinski definition) is 0. The van der Waals surface area contributed by atoms with E-state index in [9.17, 15) is 8.42 Å². The monoisotopic (exact) mass is 269 g/mol. The zero-order valence-electron chi connectivity index (χ0n) is 11.1. The zero-order chi connectivity index (χ0) is 13.3. The molecule has 1 fully saturated rings. The Hall–Kier alpha value is -0.910. The van der Waals surface area contributed by atoms with E-state index in [1.165, 1.54) is 4.31 Å². The molecule has 0 spiro atoms. The average Bonchev–Trinajstić information content (AvgIpc) is 2.37. The minimum atomic E-state index is -3.38. The van der Waals surface area contributed by atoms with Crippen LogP contribution in [0.1, 0.15) is 16.7 Å². The van der Waals surface area contributed by atoms with Crippen molar-refractivity contribution in [1.82, 2.24) is 4.31 Å². The largest absolute Gasteiger partial charge is 0.379 e. The fraction of sp³-hybridized carbons (Fsp3) is 0.538. The van der Waals surface area contributed by atoms with Crippen molar-refractivity contribution in [1.29, 1.82) is 0 Å². The lowest BCUT2D eigenvalue weighted by Gasteiger charge is -2.27. The molecule has 18 heavy (non-hydrogen) atoms. The van der Waals surface area contributed by atoms with Crippen LogP contribution in [0.5, 0.6) is 0 Å². The predicted molar refractivity (Wildman–Crippen MR) is 70.2 cm³/mol. The minimum absolute atomic E-state index is 0.424. The van der Waals surface area contributed by atoms with E-state index in [1.807, 2.05) is 26.8 Å². The van der Waals surface area contributed by atoms with Crippen LogP contribution in [-0.2, 0) is 14.8 Å². The van der Waals surface area contributed by atoms with Gasteiger partial charge in [0.25, 0.3) is 0 Å². The Labute approximate surface area is 109 Å². The van der Waals surface area contributed by atoms with Gasteiger partial charge in [-0.05, 0) is 43.5 Å². The summed E-state index contributed by atoms with van der Waals surface area (Å²) < 4.78 is 31.8. The summed E-state index contributed by atoms with van der Waals surface area (Å²) in [7, 11) is -3.38. The molecule has 4 nitrogen and oxygen atoms in total. The number of rotatable bonds is 2. The van der Waals surface area contributed by atoms with Crippen LogP contribution >= 0.6 is 0 Å². The Kier molecular flexibility index (Phi) is 3.75. The van der Waals surface area contributed by atoms with E-state index in [0.717, 1.165) is 16.7 Å². The van der Waals surface area contributed by atoms with E-state index in [1.54, 1.807) is 6.07 Å². The van der Waals surface area contributed by atoms with Crippen molar-refractivity contribution < 1.29 is 13.2 Å². The van der Waals surface area contributed by atoms with Gasteiger partial charge in [-0.1, -0.05) is 6.07 Å². The topological polar surface area (TPSA) is 46.6 Å². The third kappa shape index (κ3) is 2.30. The Bertz CT molecular complexity index is 546. The fourth-order valence-corrected chi connectivity index (χ4v) is 3.82. The number of sulfonamides is 1. The summed E-state index contributed by atoms with van der Waals surface area (Å²) in [6, 6.07) is 3.58. The van der Waals surface area contributed by atoms with E-state index in [4.69, 9.17) is 4.74 Å².